The number of hydrogen-bond acceptors (Lipinski definition) is 4. The van der Waals surface area contributed by atoms with Crippen LogP contribution in [0.2, 0.25) is 5.02 Å². The molecule has 0 spiro atoms. The Labute approximate surface area is 176 Å². The van der Waals surface area contributed by atoms with Crippen molar-refractivity contribution in [1.29, 1.82) is 0 Å². The van der Waals surface area contributed by atoms with Gasteiger partial charge in [-0.25, -0.2) is 0 Å². The van der Waals surface area contributed by atoms with Crippen LogP contribution in [0.5, 0.6) is 0 Å². The standard InChI is InChI=1S/C18H24ClN5O.HI/c1-2-21-18(22-8-5-15-4-3-13-25-15)24-11-9-23(10-12-24)17-6-7-20-14-16(17)19;/h3-4,6-7,13-14H,2,5,8-12H2,1H3,(H,21,22);1H. The maximum atomic E-state index is 6.26. The zero-order valence-electron chi connectivity index (χ0n) is 14.9. The molecule has 0 saturated carbocycles. The average Bonchev–Trinajstić information content (AvgIpc) is 3.15. The summed E-state index contributed by atoms with van der Waals surface area (Å²) in [7, 11) is 0. The first-order valence-corrected chi connectivity index (χ1v) is 9.06. The Morgan fingerprint density at radius 3 is 2.77 bits per heavy atom. The topological polar surface area (TPSA) is 56.9 Å². The van der Waals surface area contributed by atoms with Gasteiger partial charge in [0.1, 0.15) is 5.76 Å². The number of anilines is 1. The molecule has 1 aliphatic rings. The molecule has 1 N–H and O–H groups in total. The van der Waals surface area contributed by atoms with Gasteiger partial charge in [-0.05, 0) is 25.1 Å². The first-order chi connectivity index (χ1) is 12.3. The van der Waals surface area contributed by atoms with Crippen molar-refractivity contribution in [3.8, 4) is 0 Å². The Morgan fingerprint density at radius 1 is 1.31 bits per heavy atom. The van der Waals surface area contributed by atoms with E-state index in [1.165, 1.54) is 0 Å². The zero-order chi connectivity index (χ0) is 17.5. The Hall–Kier alpha value is -1.48. The van der Waals surface area contributed by atoms with Crippen LogP contribution in [0, 0.1) is 0 Å². The molecule has 26 heavy (non-hydrogen) atoms. The van der Waals surface area contributed by atoms with Gasteiger partial charge in [0, 0.05) is 58.1 Å². The molecule has 0 aliphatic carbocycles. The number of piperazine rings is 1. The molecule has 0 radical (unpaired) electrons. The van der Waals surface area contributed by atoms with Crippen LogP contribution in [-0.4, -0.2) is 55.1 Å². The van der Waals surface area contributed by atoms with Gasteiger partial charge in [0.05, 0.1) is 17.0 Å². The normalized spacial score (nSPS) is 14.9. The van der Waals surface area contributed by atoms with Crippen molar-refractivity contribution in [1.82, 2.24) is 15.2 Å². The van der Waals surface area contributed by atoms with Gasteiger partial charge >= 0.3 is 0 Å². The van der Waals surface area contributed by atoms with Gasteiger partial charge in [0.2, 0.25) is 0 Å². The maximum Gasteiger partial charge on any atom is 0.194 e. The van der Waals surface area contributed by atoms with Crippen LogP contribution in [0.25, 0.3) is 0 Å². The second-order valence-electron chi connectivity index (χ2n) is 5.87. The van der Waals surface area contributed by atoms with Crippen molar-refractivity contribution >= 4 is 47.2 Å². The van der Waals surface area contributed by atoms with Crippen LogP contribution in [0.1, 0.15) is 12.7 Å². The molecule has 2 aromatic rings. The third kappa shape index (κ3) is 5.51. The third-order valence-electron chi connectivity index (χ3n) is 4.21. The summed E-state index contributed by atoms with van der Waals surface area (Å²) >= 11 is 6.26. The minimum Gasteiger partial charge on any atom is -0.469 e. The van der Waals surface area contributed by atoms with Crippen molar-refractivity contribution < 1.29 is 4.42 Å². The molecule has 0 unspecified atom stereocenters. The monoisotopic (exact) mass is 489 g/mol. The summed E-state index contributed by atoms with van der Waals surface area (Å²) in [6, 6.07) is 5.87. The summed E-state index contributed by atoms with van der Waals surface area (Å²) in [5, 5.41) is 4.09. The fourth-order valence-electron chi connectivity index (χ4n) is 2.94. The third-order valence-corrected chi connectivity index (χ3v) is 4.50. The van der Waals surface area contributed by atoms with Crippen molar-refractivity contribution in [2.45, 2.75) is 13.3 Å². The van der Waals surface area contributed by atoms with Crippen LogP contribution >= 0.6 is 35.6 Å². The second kappa shape index (κ2) is 10.6. The summed E-state index contributed by atoms with van der Waals surface area (Å²) in [5.41, 5.74) is 1.05. The number of nitrogens with zero attached hydrogens (tertiary/aromatic N) is 4. The molecule has 142 valence electrons. The van der Waals surface area contributed by atoms with Gasteiger partial charge in [0.15, 0.2) is 5.96 Å². The van der Waals surface area contributed by atoms with Gasteiger partial charge in [-0.15, -0.1) is 24.0 Å². The largest absolute Gasteiger partial charge is 0.469 e. The fraction of sp³-hybridized carbons (Fsp3) is 0.444. The van der Waals surface area contributed by atoms with Crippen LogP contribution in [0.15, 0.2) is 46.3 Å². The molecule has 3 heterocycles. The lowest BCUT2D eigenvalue weighted by molar-refractivity contribution is 0.372. The first-order valence-electron chi connectivity index (χ1n) is 8.68. The van der Waals surface area contributed by atoms with Crippen LogP contribution < -0.4 is 10.2 Å². The molecule has 2 aromatic heterocycles. The number of nitrogens with one attached hydrogen (secondary N) is 1. The van der Waals surface area contributed by atoms with E-state index in [0.717, 1.165) is 56.6 Å². The highest BCUT2D eigenvalue weighted by atomic mass is 127. The molecule has 0 amide bonds. The van der Waals surface area contributed by atoms with E-state index in [2.05, 4.69) is 27.0 Å². The predicted octanol–water partition coefficient (Wildman–Crippen LogP) is 3.28. The Balaban J connectivity index is 0.00000243. The highest BCUT2D eigenvalue weighted by Gasteiger charge is 2.21. The minimum atomic E-state index is 0. The molecule has 3 rings (SSSR count). The lowest BCUT2D eigenvalue weighted by Gasteiger charge is -2.38. The van der Waals surface area contributed by atoms with Crippen LogP contribution in [0.4, 0.5) is 5.69 Å². The molecule has 0 aromatic carbocycles. The van der Waals surface area contributed by atoms with Gasteiger partial charge in [0.25, 0.3) is 0 Å². The number of guanidine groups is 1. The quantitative estimate of drug-likeness (QED) is 0.397. The molecular weight excluding hydrogens is 465 g/mol. The predicted molar refractivity (Wildman–Crippen MR) is 117 cm³/mol. The number of halogens is 2. The summed E-state index contributed by atoms with van der Waals surface area (Å²) in [6.45, 7) is 7.30. The van der Waals surface area contributed by atoms with E-state index in [1.807, 2.05) is 18.2 Å². The SMILES string of the molecule is CCNC(=NCCc1ccco1)N1CCN(c2ccncc2Cl)CC1.I. The lowest BCUT2D eigenvalue weighted by atomic mass is 10.2. The van der Waals surface area contributed by atoms with Gasteiger partial charge in [-0.1, -0.05) is 11.6 Å². The molecule has 1 saturated heterocycles. The molecule has 1 aliphatic heterocycles. The molecule has 0 bridgehead atoms. The summed E-state index contributed by atoms with van der Waals surface area (Å²) in [5.74, 6) is 1.94. The Bertz CT molecular complexity index is 687. The Kier molecular flexibility index (Phi) is 8.50. The van der Waals surface area contributed by atoms with E-state index in [0.29, 0.717) is 11.6 Å². The highest BCUT2D eigenvalue weighted by Crippen LogP contribution is 2.25. The van der Waals surface area contributed by atoms with E-state index in [1.54, 1.807) is 18.7 Å². The summed E-state index contributed by atoms with van der Waals surface area (Å²) in [4.78, 5) is 13.4. The maximum absolute atomic E-state index is 6.26. The van der Waals surface area contributed by atoms with Crippen molar-refractivity contribution in [3.63, 3.8) is 0 Å². The van der Waals surface area contributed by atoms with Crippen molar-refractivity contribution in [3.05, 3.63) is 47.6 Å². The lowest BCUT2D eigenvalue weighted by Crippen LogP contribution is -2.52. The van der Waals surface area contributed by atoms with E-state index in [4.69, 9.17) is 21.0 Å². The van der Waals surface area contributed by atoms with Gasteiger partial charge in [-0.2, -0.15) is 0 Å². The Morgan fingerprint density at radius 2 is 2.12 bits per heavy atom. The van der Waals surface area contributed by atoms with Crippen molar-refractivity contribution in [2.24, 2.45) is 4.99 Å². The van der Waals surface area contributed by atoms with E-state index >= 15 is 0 Å². The average molecular weight is 490 g/mol. The number of aliphatic imine (C=N–C) groups is 1. The van der Waals surface area contributed by atoms with Crippen molar-refractivity contribution in [2.75, 3.05) is 44.2 Å². The molecule has 6 nitrogen and oxygen atoms in total. The van der Waals surface area contributed by atoms with E-state index < -0.39 is 0 Å². The number of pyridine rings is 1. The second-order valence-corrected chi connectivity index (χ2v) is 6.27. The van der Waals surface area contributed by atoms with E-state index in [-0.39, 0.29) is 24.0 Å². The van der Waals surface area contributed by atoms with Crippen LogP contribution in [-0.2, 0) is 6.42 Å². The smallest absolute Gasteiger partial charge is 0.194 e. The molecule has 8 heteroatoms. The van der Waals surface area contributed by atoms with Gasteiger partial charge < -0.3 is 19.5 Å². The van der Waals surface area contributed by atoms with Crippen LogP contribution in [0.3, 0.4) is 0 Å². The number of furan rings is 1. The summed E-state index contributed by atoms with van der Waals surface area (Å²) < 4.78 is 5.37. The molecule has 0 atom stereocenters. The number of aromatic nitrogens is 1. The zero-order valence-corrected chi connectivity index (χ0v) is 18.0. The number of hydrogen-bond donors (Lipinski definition) is 1. The minimum absolute atomic E-state index is 0. The highest BCUT2D eigenvalue weighted by molar-refractivity contribution is 14.0. The molecular formula is C18H25ClIN5O. The first kappa shape index (κ1) is 20.8. The fourth-order valence-corrected chi connectivity index (χ4v) is 3.17. The number of rotatable bonds is 5. The van der Waals surface area contributed by atoms with E-state index in [9.17, 15) is 0 Å². The molecule has 1 fully saturated rings. The van der Waals surface area contributed by atoms with Gasteiger partial charge in [-0.3, -0.25) is 9.98 Å². The summed E-state index contributed by atoms with van der Waals surface area (Å²) in [6.07, 6.45) is 6.00.